The summed E-state index contributed by atoms with van der Waals surface area (Å²) < 4.78 is 7.98. The van der Waals surface area contributed by atoms with Crippen LogP contribution in [0.2, 0.25) is 0 Å². The number of halogens is 1. The maximum absolute atomic E-state index is 7.47. The van der Waals surface area contributed by atoms with E-state index in [4.69, 9.17) is 11.3 Å². The second-order valence-electron chi connectivity index (χ2n) is 4.07. The Hall–Kier alpha value is -1.80. The zero-order valence-electron chi connectivity index (χ0n) is 11.1. The number of methoxy groups -OCH3 is 1. The van der Waals surface area contributed by atoms with Gasteiger partial charge in [0.15, 0.2) is 0 Å². The SMILES string of the molecule is [C-]#[N+]c1c(-c2c(Br)cnn2C)ccc(OC)c1CC. The fraction of sp³-hybridized carbons (Fsp3) is 0.286. The van der Waals surface area contributed by atoms with E-state index >= 15 is 0 Å². The molecule has 0 aliphatic rings. The molecule has 0 unspecified atom stereocenters. The molecule has 0 fully saturated rings. The molecule has 0 amide bonds. The molecule has 1 heterocycles. The third-order valence-electron chi connectivity index (χ3n) is 3.07. The average molecular weight is 320 g/mol. The maximum atomic E-state index is 7.47. The molecule has 0 saturated heterocycles. The van der Waals surface area contributed by atoms with Crippen LogP contribution in [0.3, 0.4) is 0 Å². The summed E-state index contributed by atoms with van der Waals surface area (Å²) in [6.07, 6.45) is 2.49. The van der Waals surface area contributed by atoms with E-state index in [1.54, 1.807) is 18.0 Å². The highest BCUT2D eigenvalue weighted by atomic mass is 79.9. The number of hydrogen-bond donors (Lipinski definition) is 0. The summed E-state index contributed by atoms with van der Waals surface area (Å²) in [4.78, 5) is 3.70. The van der Waals surface area contributed by atoms with Gasteiger partial charge < -0.3 is 4.74 Å². The molecule has 5 heteroatoms. The number of aryl methyl sites for hydroxylation is 1. The fourth-order valence-electron chi connectivity index (χ4n) is 2.18. The van der Waals surface area contributed by atoms with Crippen molar-refractivity contribution in [2.24, 2.45) is 7.05 Å². The summed E-state index contributed by atoms with van der Waals surface area (Å²) >= 11 is 3.48. The van der Waals surface area contributed by atoms with Gasteiger partial charge in [0.25, 0.3) is 0 Å². The van der Waals surface area contributed by atoms with Gasteiger partial charge in [0.1, 0.15) is 5.75 Å². The van der Waals surface area contributed by atoms with Crippen LogP contribution in [0, 0.1) is 6.57 Å². The van der Waals surface area contributed by atoms with E-state index in [9.17, 15) is 0 Å². The first-order valence-corrected chi connectivity index (χ1v) is 6.68. The summed E-state index contributed by atoms with van der Waals surface area (Å²) in [5.41, 5.74) is 3.34. The van der Waals surface area contributed by atoms with Gasteiger partial charge in [0, 0.05) is 18.2 Å². The lowest BCUT2D eigenvalue weighted by molar-refractivity contribution is 0.410. The van der Waals surface area contributed by atoms with Crippen LogP contribution in [0.4, 0.5) is 5.69 Å². The van der Waals surface area contributed by atoms with E-state index in [2.05, 4.69) is 25.9 Å². The van der Waals surface area contributed by atoms with Crippen molar-refractivity contribution >= 4 is 21.6 Å². The van der Waals surface area contributed by atoms with Gasteiger partial charge in [-0.2, -0.15) is 5.10 Å². The van der Waals surface area contributed by atoms with Gasteiger partial charge in [-0.25, -0.2) is 4.85 Å². The van der Waals surface area contributed by atoms with Crippen molar-refractivity contribution in [2.45, 2.75) is 13.3 Å². The van der Waals surface area contributed by atoms with E-state index in [1.807, 2.05) is 26.1 Å². The summed E-state index contributed by atoms with van der Waals surface area (Å²) in [5, 5.41) is 4.20. The molecule has 1 aromatic carbocycles. The first-order chi connectivity index (χ1) is 9.13. The van der Waals surface area contributed by atoms with Gasteiger partial charge in [-0.3, -0.25) is 4.68 Å². The number of benzene rings is 1. The number of nitrogens with zero attached hydrogens (tertiary/aromatic N) is 3. The normalized spacial score (nSPS) is 10.3. The van der Waals surface area contributed by atoms with Crippen LogP contribution in [-0.4, -0.2) is 16.9 Å². The van der Waals surface area contributed by atoms with Crippen molar-refractivity contribution in [3.8, 4) is 17.0 Å². The lowest BCUT2D eigenvalue weighted by Crippen LogP contribution is -1.97. The second-order valence-corrected chi connectivity index (χ2v) is 4.93. The van der Waals surface area contributed by atoms with Gasteiger partial charge in [-0.05, 0) is 28.4 Å². The van der Waals surface area contributed by atoms with E-state index in [0.717, 1.165) is 33.5 Å². The predicted molar refractivity (Wildman–Crippen MR) is 78.5 cm³/mol. The highest BCUT2D eigenvalue weighted by Gasteiger charge is 2.18. The Balaban J connectivity index is 2.76. The van der Waals surface area contributed by atoms with Crippen molar-refractivity contribution in [3.05, 3.63) is 39.8 Å². The summed E-state index contributed by atoms with van der Waals surface area (Å²) in [6, 6.07) is 3.81. The van der Waals surface area contributed by atoms with Crippen LogP contribution in [0.1, 0.15) is 12.5 Å². The second kappa shape index (κ2) is 5.45. The molecule has 1 aromatic heterocycles. The van der Waals surface area contributed by atoms with Crippen LogP contribution in [-0.2, 0) is 13.5 Å². The Kier molecular flexibility index (Phi) is 3.91. The van der Waals surface area contributed by atoms with Crippen molar-refractivity contribution < 1.29 is 4.74 Å². The fourth-order valence-corrected chi connectivity index (χ4v) is 2.74. The summed E-state index contributed by atoms with van der Waals surface area (Å²) in [7, 11) is 3.49. The average Bonchev–Trinajstić information content (AvgIpc) is 2.76. The summed E-state index contributed by atoms with van der Waals surface area (Å²) in [5.74, 6) is 0.760. The first kappa shape index (κ1) is 13.6. The number of rotatable bonds is 3. The molecule has 0 N–H and O–H groups in total. The molecule has 4 nitrogen and oxygen atoms in total. The third-order valence-corrected chi connectivity index (χ3v) is 3.65. The molecule has 2 aromatic rings. The molecule has 0 aliphatic heterocycles. The topological polar surface area (TPSA) is 31.4 Å². The highest BCUT2D eigenvalue weighted by Crippen LogP contribution is 2.41. The molecular formula is C14H14BrN3O. The number of ether oxygens (including phenoxy) is 1. The first-order valence-electron chi connectivity index (χ1n) is 5.89. The molecular weight excluding hydrogens is 306 g/mol. The Morgan fingerprint density at radius 2 is 2.21 bits per heavy atom. The zero-order chi connectivity index (χ0) is 14.0. The number of hydrogen-bond acceptors (Lipinski definition) is 2. The monoisotopic (exact) mass is 319 g/mol. The largest absolute Gasteiger partial charge is 0.498 e. The molecule has 98 valence electrons. The van der Waals surface area contributed by atoms with Crippen molar-refractivity contribution in [2.75, 3.05) is 7.11 Å². The maximum Gasteiger partial charge on any atom is 0.203 e. The van der Waals surface area contributed by atoms with Crippen molar-refractivity contribution in [1.29, 1.82) is 0 Å². The van der Waals surface area contributed by atoms with Crippen molar-refractivity contribution in [3.63, 3.8) is 0 Å². The van der Waals surface area contributed by atoms with Gasteiger partial charge in [0.2, 0.25) is 5.69 Å². The third kappa shape index (κ3) is 2.24. The van der Waals surface area contributed by atoms with Crippen LogP contribution in [0.25, 0.3) is 16.1 Å². The van der Waals surface area contributed by atoms with Crippen LogP contribution in [0.15, 0.2) is 22.8 Å². The molecule has 0 atom stereocenters. The van der Waals surface area contributed by atoms with Gasteiger partial charge in [-0.1, -0.05) is 13.0 Å². The van der Waals surface area contributed by atoms with E-state index in [0.29, 0.717) is 5.69 Å². The smallest absolute Gasteiger partial charge is 0.203 e. The van der Waals surface area contributed by atoms with E-state index < -0.39 is 0 Å². The van der Waals surface area contributed by atoms with E-state index in [1.165, 1.54) is 0 Å². The van der Waals surface area contributed by atoms with Gasteiger partial charge >= 0.3 is 0 Å². The minimum Gasteiger partial charge on any atom is -0.498 e. The standard InChI is InChI=1S/C14H14BrN3O/c1-5-9-12(19-4)7-6-10(13(9)16-2)14-11(15)8-17-18(14)3/h6-8H,5H2,1,3-4H3. The minimum atomic E-state index is 0.631. The highest BCUT2D eigenvalue weighted by molar-refractivity contribution is 9.10. The molecule has 0 aliphatic carbocycles. The lowest BCUT2D eigenvalue weighted by atomic mass is 10.0. The molecule has 0 radical (unpaired) electrons. The zero-order valence-corrected chi connectivity index (χ0v) is 12.7. The molecule has 0 spiro atoms. The van der Waals surface area contributed by atoms with Crippen molar-refractivity contribution in [1.82, 2.24) is 9.78 Å². The van der Waals surface area contributed by atoms with Gasteiger partial charge in [0.05, 0.1) is 30.0 Å². The Morgan fingerprint density at radius 1 is 1.47 bits per heavy atom. The molecule has 19 heavy (non-hydrogen) atoms. The lowest BCUT2D eigenvalue weighted by Gasteiger charge is -2.13. The summed E-state index contributed by atoms with van der Waals surface area (Å²) in [6.45, 7) is 9.49. The minimum absolute atomic E-state index is 0.631. The molecule has 0 bridgehead atoms. The Bertz CT molecular complexity index is 636. The van der Waals surface area contributed by atoms with Crippen LogP contribution in [0.5, 0.6) is 5.75 Å². The quantitative estimate of drug-likeness (QED) is 0.801. The number of aromatic nitrogens is 2. The molecule has 2 rings (SSSR count). The van der Waals surface area contributed by atoms with Crippen LogP contribution >= 0.6 is 15.9 Å². The van der Waals surface area contributed by atoms with Gasteiger partial charge in [-0.15, -0.1) is 0 Å². The Morgan fingerprint density at radius 3 is 2.68 bits per heavy atom. The molecule has 0 saturated carbocycles. The van der Waals surface area contributed by atoms with Crippen LogP contribution < -0.4 is 4.74 Å². The predicted octanol–water partition coefficient (Wildman–Crippen LogP) is 3.97. The Labute approximate surface area is 121 Å². The van der Waals surface area contributed by atoms with E-state index in [-0.39, 0.29) is 0 Å².